The van der Waals surface area contributed by atoms with E-state index in [4.69, 9.17) is 4.74 Å². The molecule has 0 unspecified atom stereocenters. The molecule has 0 saturated carbocycles. The average Bonchev–Trinajstić information content (AvgIpc) is 3.20. The summed E-state index contributed by atoms with van der Waals surface area (Å²) >= 11 is 0. The number of rotatable bonds is 6. The van der Waals surface area contributed by atoms with E-state index in [1.54, 1.807) is 50.9 Å². The van der Waals surface area contributed by atoms with E-state index >= 15 is 0 Å². The van der Waals surface area contributed by atoms with Gasteiger partial charge in [0.15, 0.2) is 0 Å². The number of likely N-dealkylation sites (N-methyl/N-ethyl adjacent to an activating group) is 1. The van der Waals surface area contributed by atoms with Gasteiger partial charge in [0.05, 0.1) is 0 Å². The molecule has 0 radical (unpaired) electrons. The van der Waals surface area contributed by atoms with E-state index < -0.39 is 29.6 Å². The fraction of sp³-hybridized carbons (Fsp3) is 0.414. The Morgan fingerprint density at radius 3 is 2.51 bits per heavy atom. The first-order valence-corrected chi connectivity index (χ1v) is 12.6. The van der Waals surface area contributed by atoms with Gasteiger partial charge in [0, 0.05) is 32.5 Å². The first kappa shape index (κ1) is 26.4. The van der Waals surface area contributed by atoms with Gasteiger partial charge >= 0.3 is 6.09 Å². The molecule has 0 spiro atoms. The molecular formula is C29H34FN3O4. The lowest BCUT2D eigenvalue weighted by Gasteiger charge is -2.36. The molecule has 7 nitrogen and oxygen atoms in total. The monoisotopic (exact) mass is 507 g/mol. The molecule has 37 heavy (non-hydrogen) atoms. The summed E-state index contributed by atoms with van der Waals surface area (Å²) in [5, 5.41) is 5.44. The number of alkyl carbamates (subject to hydrolysis) is 1. The smallest absolute Gasteiger partial charge is 0.407 e. The lowest BCUT2D eigenvalue weighted by Crippen LogP contribution is -2.53. The molecule has 4 rings (SSSR count). The number of nitrogens with zero attached hydrogens (tertiary/aromatic N) is 1. The maximum Gasteiger partial charge on any atom is 0.407 e. The maximum atomic E-state index is 14.4. The molecule has 0 saturated heterocycles. The second-order valence-corrected chi connectivity index (χ2v) is 10.6. The van der Waals surface area contributed by atoms with E-state index in [2.05, 4.69) is 22.8 Å². The van der Waals surface area contributed by atoms with Crippen molar-refractivity contribution < 1.29 is 23.5 Å². The number of amides is 3. The van der Waals surface area contributed by atoms with Gasteiger partial charge in [0.25, 0.3) is 0 Å². The van der Waals surface area contributed by atoms with E-state index in [-0.39, 0.29) is 24.7 Å². The summed E-state index contributed by atoms with van der Waals surface area (Å²) in [4.78, 5) is 40.7. The highest BCUT2D eigenvalue weighted by molar-refractivity contribution is 5.92. The topological polar surface area (TPSA) is 87.7 Å². The zero-order chi connectivity index (χ0) is 26.7. The van der Waals surface area contributed by atoms with Crippen molar-refractivity contribution in [3.63, 3.8) is 0 Å². The Morgan fingerprint density at radius 2 is 1.81 bits per heavy atom. The Morgan fingerprint density at radius 1 is 1.11 bits per heavy atom. The van der Waals surface area contributed by atoms with Gasteiger partial charge in [-0.05, 0) is 67.5 Å². The lowest BCUT2D eigenvalue weighted by atomic mass is 9.92. The number of carbonyl (C=O) groups excluding carboxylic acids is 3. The summed E-state index contributed by atoms with van der Waals surface area (Å²) in [5.41, 5.74) is 4.25. The minimum absolute atomic E-state index is 0.101. The summed E-state index contributed by atoms with van der Waals surface area (Å²) < 4.78 is 19.8. The summed E-state index contributed by atoms with van der Waals surface area (Å²) in [7, 11) is 1.56. The van der Waals surface area contributed by atoms with Crippen molar-refractivity contribution in [1.82, 2.24) is 15.5 Å². The van der Waals surface area contributed by atoms with Gasteiger partial charge in [0.2, 0.25) is 11.8 Å². The summed E-state index contributed by atoms with van der Waals surface area (Å²) in [6.45, 7) is 5.57. The molecule has 196 valence electrons. The fourth-order valence-electron chi connectivity index (χ4n) is 5.09. The van der Waals surface area contributed by atoms with Crippen LogP contribution < -0.4 is 10.6 Å². The van der Waals surface area contributed by atoms with Crippen LogP contribution in [0.2, 0.25) is 0 Å². The molecule has 2 aromatic carbocycles. The minimum Gasteiger partial charge on any atom is -0.444 e. The zero-order valence-corrected chi connectivity index (χ0v) is 21.8. The van der Waals surface area contributed by atoms with Crippen molar-refractivity contribution in [2.75, 3.05) is 13.6 Å². The Labute approximate surface area is 217 Å². The molecule has 3 amide bonds. The summed E-state index contributed by atoms with van der Waals surface area (Å²) in [5.74, 6) is -0.936. The fourth-order valence-corrected chi connectivity index (χ4v) is 5.09. The quantitative estimate of drug-likeness (QED) is 0.619. The largest absolute Gasteiger partial charge is 0.444 e. The van der Waals surface area contributed by atoms with Gasteiger partial charge in [-0.3, -0.25) is 9.59 Å². The molecule has 2 N–H and O–H groups in total. The molecule has 2 atom stereocenters. The van der Waals surface area contributed by atoms with Crippen LogP contribution in [0, 0.1) is 5.82 Å². The Balaban J connectivity index is 1.56. The molecular weight excluding hydrogens is 473 g/mol. The van der Waals surface area contributed by atoms with Gasteiger partial charge in [-0.15, -0.1) is 0 Å². The normalized spacial score (nSPS) is 17.5. The molecule has 8 heteroatoms. The van der Waals surface area contributed by atoms with Crippen molar-refractivity contribution in [1.29, 1.82) is 0 Å². The Kier molecular flexibility index (Phi) is 7.66. The predicted octanol–water partition coefficient (Wildman–Crippen LogP) is 4.01. The van der Waals surface area contributed by atoms with Crippen molar-refractivity contribution >= 4 is 23.5 Å². The van der Waals surface area contributed by atoms with E-state index in [0.29, 0.717) is 18.5 Å². The number of carbonyl (C=O) groups is 3. The van der Waals surface area contributed by atoms with Crippen LogP contribution in [0.4, 0.5) is 9.18 Å². The minimum atomic E-state index is -0.728. The second kappa shape index (κ2) is 10.7. The number of nitrogens with one attached hydrogen (secondary N) is 2. The van der Waals surface area contributed by atoms with Crippen LogP contribution in [-0.2, 0) is 27.2 Å². The second-order valence-electron chi connectivity index (χ2n) is 10.6. The van der Waals surface area contributed by atoms with Crippen LogP contribution in [0.3, 0.4) is 0 Å². The maximum absolute atomic E-state index is 14.4. The van der Waals surface area contributed by atoms with Gasteiger partial charge < -0.3 is 20.3 Å². The van der Waals surface area contributed by atoms with E-state index in [9.17, 15) is 18.8 Å². The lowest BCUT2D eigenvalue weighted by molar-refractivity contribution is -0.140. The molecule has 2 aromatic rings. The molecule has 2 aliphatic rings. The summed E-state index contributed by atoms with van der Waals surface area (Å²) in [6.07, 6.45) is 0.491. The molecule has 0 fully saturated rings. The van der Waals surface area contributed by atoms with Crippen molar-refractivity contribution in [3.05, 3.63) is 76.6 Å². The zero-order valence-electron chi connectivity index (χ0n) is 21.8. The number of benzene rings is 2. The first-order valence-electron chi connectivity index (χ1n) is 12.6. The van der Waals surface area contributed by atoms with Crippen molar-refractivity contribution in [3.8, 4) is 0 Å². The SMILES string of the molecule is CNC(=O)[C@H]1CC2=C(Cc3ccccc32)CN1C(=O)C[C@@H](Cc1ccccc1F)NC(=O)OC(C)(C)C. The van der Waals surface area contributed by atoms with E-state index in [0.717, 1.165) is 23.1 Å². The predicted molar refractivity (Wildman–Crippen MR) is 139 cm³/mol. The van der Waals surface area contributed by atoms with Gasteiger partial charge in [-0.2, -0.15) is 0 Å². The average molecular weight is 508 g/mol. The highest BCUT2D eigenvalue weighted by atomic mass is 19.1. The molecule has 0 aromatic heterocycles. The van der Waals surface area contributed by atoms with Crippen LogP contribution in [0.15, 0.2) is 54.1 Å². The van der Waals surface area contributed by atoms with Crippen LogP contribution >= 0.6 is 0 Å². The van der Waals surface area contributed by atoms with Crippen molar-refractivity contribution in [2.45, 2.75) is 64.1 Å². The number of ether oxygens (including phenoxy) is 1. The van der Waals surface area contributed by atoms with Crippen molar-refractivity contribution in [2.24, 2.45) is 0 Å². The number of hydrogen-bond donors (Lipinski definition) is 2. The van der Waals surface area contributed by atoms with E-state index in [1.807, 2.05) is 12.1 Å². The number of halogens is 1. The first-order chi connectivity index (χ1) is 17.6. The summed E-state index contributed by atoms with van der Waals surface area (Å²) in [6, 6.07) is 13.0. The highest BCUT2D eigenvalue weighted by Gasteiger charge is 2.39. The van der Waals surface area contributed by atoms with Crippen LogP contribution in [0.5, 0.6) is 0 Å². The van der Waals surface area contributed by atoms with Gasteiger partial charge in [-0.25, -0.2) is 9.18 Å². The number of hydrogen-bond acceptors (Lipinski definition) is 4. The molecule has 0 bridgehead atoms. The third kappa shape index (κ3) is 6.18. The van der Waals surface area contributed by atoms with Gasteiger partial charge in [0.1, 0.15) is 17.5 Å². The molecule has 1 aliphatic heterocycles. The number of fused-ring (bicyclic) bond motifs is 2. The third-order valence-electron chi connectivity index (χ3n) is 6.74. The molecule has 1 aliphatic carbocycles. The Hall–Kier alpha value is -3.68. The Bertz CT molecular complexity index is 1230. The standard InChI is InChI=1S/C29H34FN3O4/c1-29(2,3)37-28(36)32-21(14-19-10-6-8-12-24(19)30)15-26(34)33-17-20-13-18-9-5-7-11-22(18)23(20)16-25(33)27(35)31-4/h5-12,21,25H,13-17H2,1-4H3,(H,31,35)(H,32,36)/t21-,25-/m1/s1. The van der Waals surface area contributed by atoms with E-state index in [1.165, 1.54) is 11.6 Å². The molecule has 1 heterocycles. The highest BCUT2D eigenvalue weighted by Crippen LogP contribution is 2.40. The van der Waals surface area contributed by atoms with Crippen LogP contribution in [0.25, 0.3) is 5.57 Å². The van der Waals surface area contributed by atoms with Crippen LogP contribution in [-0.4, -0.2) is 54.1 Å². The van der Waals surface area contributed by atoms with Gasteiger partial charge in [-0.1, -0.05) is 42.5 Å². The van der Waals surface area contributed by atoms with Crippen LogP contribution in [0.1, 0.15) is 50.3 Å². The third-order valence-corrected chi connectivity index (χ3v) is 6.74.